The molecule has 0 amide bonds. The van der Waals surface area contributed by atoms with Gasteiger partial charge in [-0.15, -0.1) is 0 Å². The van der Waals surface area contributed by atoms with E-state index in [4.69, 9.17) is 25.5 Å². The number of aryl methyl sites for hydroxylation is 3. The van der Waals surface area contributed by atoms with Gasteiger partial charge in [0.15, 0.2) is 6.79 Å². The van der Waals surface area contributed by atoms with Gasteiger partial charge >= 0.3 is 5.63 Å². The summed E-state index contributed by atoms with van der Waals surface area (Å²) in [5.41, 5.74) is 5.46. The summed E-state index contributed by atoms with van der Waals surface area (Å²) in [6.45, 7) is 12.7. The molecule has 5 heteroatoms. The van der Waals surface area contributed by atoms with Crippen LogP contribution in [0, 0.1) is 33.6 Å². The van der Waals surface area contributed by atoms with E-state index in [-0.39, 0.29) is 6.79 Å². The van der Waals surface area contributed by atoms with Crippen LogP contribution in [-0.2, 0) is 4.74 Å². The number of benzene rings is 2. The van der Waals surface area contributed by atoms with Crippen LogP contribution in [0.3, 0.4) is 0 Å². The molecule has 3 aromatic rings. The van der Waals surface area contributed by atoms with E-state index in [9.17, 15) is 4.79 Å². The zero-order chi connectivity index (χ0) is 22.7. The van der Waals surface area contributed by atoms with Crippen LogP contribution in [0.1, 0.15) is 36.1 Å². The highest BCUT2D eigenvalue weighted by molar-refractivity contribution is 6.30. The Kier molecular flexibility index (Phi) is 7.24. The van der Waals surface area contributed by atoms with Crippen molar-refractivity contribution >= 4 is 11.6 Å². The van der Waals surface area contributed by atoms with Crippen molar-refractivity contribution in [3.8, 4) is 28.2 Å². The van der Waals surface area contributed by atoms with Gasteiger partial charge in [0.25, 0.3) is 0 Å². The van der Waals surface area contributed by atoms with Crippen LogP contribution in [0.2, 0.25) is 5.02 Å². The van der Waals surface area contributed by atoms with E-state index in [1.807, 2.05) is 39.8 Å². The number of halogens is 1. The van der Waals surface area contributed by atoms with Crippen molar-refractivity contribution in [2.24, 2.45) is 5.92 Å². The summed E-state index contributed by atoms with van der Waals surface area (Å²) in [4.78, 5) is 13.3. The van der Waals surface area contributed by atoms with Crippen molar-refractivity contribution in [3.05, 3.63) is 74.1 Å². The van der Waals surface area contributed by atoms with E-state index in [2.05, 4.69) is 26.0 Å². The van der Waals surface area contributed by atoms with E-state index in [1.54, 1.807) is 12.1 Å². The molecule has 0 saturated carbocycles. The van der Waals surface area contributed by atoms with Crippen molar-refractivity contribution in [3.63, 3.8) is 0 Å². The summed E-state index contributed by atoms with van der Waals surface area (Å²) in [5.74, 6) is 1.34. The van der Waals surface area contributed by atoms with E-state index < -0.39 is 5.63 Å². The van der Waals surface area contributed by atoms with E-state index in [0.717, 1.165) is 33.4 Å². The first kappa shape index (κ1) is 23.1. The van der Waals surface area contributed by atoms with Crippen LogP contribution in [0.5, 0.6) is 5.75 Å². The summed E-state index contributed by atoms with van der Waals surface area (Å²) in [6.07, 6.45) is 0. The molecule has 1 heterocycles. The van der Waals surface area contributed by atoms with Gasteiger partial charge < -0.3 is 13.9 Å². The van der Waals surface area contributed by atoms with E-state index >= 15 is 0 Å². The normalized spacial score (nSPS) is 11.2. The molecule has 1 aromatic heterocycles. The molecule has 0 saturated heterocycles. The number of hydrogen-bond acceptors (Lipinski definition) is 4. The van der Waals surface area contributed by atoms with Crippen LogP contribution in [-0.4, -0.2) is 13.4 Å². The van der Waals surface area contributed by atoms with E-state index in [1.165, 1.54) is 0 Å². The third-order valence-electron chi connectivity index (χ3n) is 5.08. The molecule has 2 aromatic carbocycles. The maximum atomic E-state index is 13.3. The van der Waals surface area contributed by atoms with Crippen molar-refractivity contribution in [1.82, 2.24) is 0 Å². The van der Waals surface area contributed by atoms with Gasteiger partial charge in [0.2, 0.25) is 0 Å². The Hall–Kier alpha value is -2.56. The Morgan fingerprint density at radius 3 is 2.16 bits per heavy atom. The molecule has 4 nitrogen and oxygen atoms in total. The Labute approximate surface area is 188 Å². The predicted octanol–water partition coefficient (Wildman–Crippen LogP) is 6.87. The molecule has 0 aliphatic heterocycles. The second-order valence-corrected chi connectivity index (χ2v) is 8.79. The van der Waals surface area contributed by atoms with Gasteiger partial charge in [0, 0.05) is 16.1 Å². The summed E-state index contributed by atoms with van der Waals surface area (Å²) in [7, 11) is 0. The highest BCUT2D eigenvalue weighted by Gasteiger charge is 2.23. The molecule has 3 rings (SSSR count). The fourth-order valence-corrected chi connectivity index (χ4v) is 3.96. The lowest BCUT2D eigenvalue weighted by atomic mass is 9.93. The standard InChI is InChI=1S/C26H29ClO4/c1-15(2)13-29-14-30-25-19(6)24(20-7-9-21(27)10-8-20)31-26(28)23(25)22-17(4)11-16(3)12-18(22)5/h7-12,15H,13-14H2,1-6H3. The summed E-state index contributed by atoms with van der Waals surface area (Å²) in [5, 5.41) is 0.616. The van der Waals surface area contributed by atoms with E-state index in [0.29, 0.717) is 34.6 Å². The smallest absolute Gasteiger partial charge is 0.348 e. The molecular weight excluding hydrogens is 412 g/mol. The van der Waals surface area contributed by atoms with Gasteiger partial charge in [-0.05, 0) is 74.6 Å². The highest BCUT2D eigenvalue weighted by Crippen LogP contribution is 2.39. The first-order valence-electron chi connectivity index (χ1n) is 10.4. The second-order valence-electron chi connectivity index (χ2n) is 8.36. The predicted molar refractivity (Wildman–Crippen MR) is 126 cm³/mol. The summed E-state index contributed by atoms with van der Waals surface area (Å²) in [6, 6.07) is 11.3. The lowest BCUT2D eigenvalue weighted by Crippen LogP contribution is -2.14. The van der Waals surface area contributed by atoms with Crippen LogP contribution in [0.4, 0.5) is 0 Å². The molecule has 0 unspecified atom stereocenters. The zero-order valence-corrected chi connectivity index (χ0v) is 19.7. The quantitative estimate of drug-likeness (QED) is 0.297. The Balaban J connectivity index is 2.19. The van der Waals surface area contributed by atoms with Crippen LogP contribution in [0.15, 0.2) is 45.6 Å². The van der Waals surface area contributed by atoms with Gasteiger partial charge in [-0.2, -0.15) is 0 Å². The van der Waals surface area contributed by atoms with Crippen LogP contribution >= 0.6 is 11.6 Å². The van der Waals surface area contributed by atoms with Crippen molar-refractivity contribution in [1.29, 1.82) is 0 Å². The minimum atomic E-state index is -0.440. The van der Waals surface area contributed by atoms with Gasteiger partial charge in [0.05, 0.1) is 6.61 Å². The number of hydrogen-bond donors (Lipinski definition) is 0. The lowest BCUT2D eigenvalue weighted by Gasteiger charge is -2.19. The average molecular weight is 441 g/mol. The minimum absolute atomic E-state index is 0.0550. The van der Waals surface area contributed by atoms with Gasteiger partial charge in [-0.1, -0.05) is 43.1 Å². The molecule has 0 N–H and O–H groups in total. The van der Waals surface area contributed by atoms with Gasteiger partial charge in [0.1, 0.15) is 17.1 Å². The topological polar surface area (TPSA) is 48.7 Å². The summed E-state index contributed by atoms with van der Waals surface area (Å²) >= 11 is 6.03. The third-order valence-corrected chi connectivity index (χ3v) is 5.33. The van der Waals surface area contributed by atoms with Gasteiger partial charge in [-0.25, -0.2) is 4.79 Å². The first-order chi connectivity index (χ1) is 14.7. The Morgan fingerprint density at radius 1 is 0.968 bits per heavy atom. The Morgan fingerprint density at radius 2 is 1.58 bits per heavy atom. The molecule has 0 fully saturated rings. The van der Waals surface area contributed by atoms with Crippen molar-refractivity contribution in [2.45, 2.75) is 41.5 Å². The molecule has 0 spiro atoms. The minimum Gasteiger partial charge on any atom is -0.466 e. The Bertz CT molecular complexity index is 1100. The molecule has 0 radical (unpaired) electrons. The number of ether oxygens (including phenoxy) is 2. The van der Waals surface area contributed by atoms with Crippen LogP contribution in [0.25, 0.3) is 22.5 Å². The fourth-order valence-electron chi connectivity index (χ4n) is 3.84. The van der Waals surface area contributed by atoms with Crippen LogP contribution < -0.4 is 10.4 Å². The highest BCUT2D eigenvalue weighted by atomic mass is 35.5. The third kappa shape index (κ3) is 5.20. The molecule has 164 valence electrons. The molecule has 0 aliphatic carbocycles. The van der Waals surface area contributed by atoms with Crippen molar-refractivity contribution < 1.29 is 13.9 Å². The average Bonchev–Trinajstić information content (AvgIpc) is 2.69. The van der Waals surface area contributed by atoms with Gasteiger partial charge in [-0.3, -0.25) is 0 Å². The first-order valence-corrected chi connectivity index (χ1v) is 10.8. The molecule has 0 aliphatic rings. The number of rotatable bonds is 7. The zero-order valence-electron chi connectivity index (χ0n) is 19.0. The molecule has 0 atom stereocenters. The maximum Gasteiger partial charge on any atom is 0.348 e. The summed E-state index contributed by atoms with van der Waals surface area (Å²) < 4.78 is 17.6. The SMILES string of the molecule is Cc1cc(C)c(-c2c(OCOCC(C)C)c(C)c(-c3ccc(Cl)cc3)oc2=O)c(C)c1. The van der Waals surface area contributed by atoms with Crippen molar-refractivity contribution in [2.75, 3.05) is 13.4 Å². The molecule has 0 bridgehead atoms. The molecule has 31 heavy (non-hydrogen) atoms. The fraction of sp³-hybridized carbons (Fsp3) is 0.346. The monoisotopic (exact) mass is 440 g/mol. The second kappa shape index (κ2) is 9.71. The maximum absolute atomic E-state index is 13.3. The largest absolute Gasteiger partial charge is 0.466 e. The molecular formula is C26H29ClO4. The lowest BCUT2D eigenvalue weighted by molar-refractivity contribution is 0.00243.